The molecule has 1 aliphatic carbocycles. The van der Waals surface area contributed by atoms with E-state index in [-0.39, 0.29) is 5.91 Å². The number of amidine groups is 1. The van der Waals surface area contributed by atoms with E-state index in [0.29, 0.717) is 24.0 Å². The number of carbonyl (C=O) groups excluding carboxylic acids is 1. The van der Waals surface area contributed by atoms with Crippen LogP contribution < -0.4 is 16.0 Å². The van der Waals surface area contributed by atoms with Crippen molar-refractivity contribution in [2.75, 3.05) is 11.4 Å². The van der Waals surface area contributed by atoms with E-state index >= 15 is 0 Å². The number of amides is 1. The van der Waals surface area contributed by atoms with Gasteiger partial charge in [-0.3, -0.25) is 4.79 Å². The summed E-state index contributed by atoms with van der Waals surface area (Å²) in [7, 11) is 0. The number of aliphatic imine (C=N–C) groups is 1. The second-order valence-electron chi connectivity index (χ2n) is 6.38. The molecule has 1 heterocycles. The fourth-order valence-electron chi connectivity index (χ4n) is 2.86. The number of hydrogen-bond acceptors (Lipinski definition) is 4. The van der Waals surface area contributed by atoms with Gasteiger partial charge in [0, 0.05) is 17.3 Å². The number of para-hydroxylation sites is 1. The van der Waals surface area contributed by atoms with Gasteiger partial charge in [0.2, 0.25) is 0 Å². The van der Waals surface area contributed by atoms with Gasteiger partial charge in [0.25, 0.3) is 5.91 Å². The van der Waals surface area contributed by atoms with Crippen molar-refractivity contribution in [2.45, 2.75) is 18.9 Å². The first kappa shape index (κ1) is 15.4. The molecular weight excluding hydrogens is 312 g/mol. The molecule has 0 aromatic heterocycles. The molecule has 2 aliphatic rings. The average Bonchev–Trinajstić information content (AvgIpc) is 3.46. The van der Waals surface area contributed by atoms with Gasteiger partial charge in [0.1, 0.15) is 5.84 Å². The second kappa shape index (κ2) is 6.43. The van der Waals surface area contributed by atoms with Crippen molar-refractivity contribution in [3.63, 3.8) is 0 Å². The number of hydrogen-bond donors (Lipinski definition) is 2. The summed E-state index contributed by atoms with van der Waals surface area (Å²) in [6.45, 7) is 0.541. The van der Waals surface area contributed by atoms with E-state index in [9.17, 15) is 4.79 Å². The second-order valence-corrected chi connectivity index (χ2v) is 6.38. The maximum atomic E-state index is 12.1. The molecule has 2 aromatic carbocycles. The van der Waals surface area contributed by atoms with Crippen molar-refractivity contribution in [2.24, 2.45) is 10.7 Å². The van der Waals surface area contributed by atoms with E-state index in [1.165, 1.54) is 0 Å². The first-order valence-corrected chi connectivity index (χ1v) is 8.47. The van der Waals surface area contributed by atoms with Crippen molar-refractivity contribution in [1.82, 2.24) is 5.32 Å². The smallest absolute Gasteiger partial charge is 0.251 e. The third-order valence-electron chi connectivity index (χ3n) is 4.39. The molecule has 3 N–H and O–H groups in total. The fourth-order valence-corrected chi connectivity index (χ4v) is 2.86. The average molecular weight is 332 g/mol. The molecule has 1 saturated carbocycles. The van der Waals surface area contributed by atoms with E-state index < -0.39 is 0 Å². The van der Waals surface area contributed by atoms with Crippen LogP contribution in [0.15, 0.2) is 65.8 Å². The number of rotatable bonds is 4. The molecular formula is C20H20N4O. The number of anilines is 1. The molecule has 0 radical (unpaired) electrons. The molecule has 1 amide bonds. The van der Waals surface area contributed by atoms with E-state index in [0.717, 1.165) is 29.8 Å². The van der Waals surface area contributed by atoms with Gasteiger partial charge >= 0.3 is 0 Å². The number of benzene rings is 2. The highest BCUT2D eigenvalue weighted by Crippen LogP contribution is 2.28. The molecule has 5 nitrogen and oxygen atoms in total. The number of nitrogens with two attached hydrogens (primary N) is 1. The zero-order chi connectivity index (χ0) is 17.2. The first-order valence-electron chi connectivity index (χ1n) is 8.47. The van der Waals surface area contributed by atoms with Gasteiger partial charge in [-0.05, 0) is 42.7 Å². The molecule has 0 spiro atoms. The van der Waals surface area contributed by atoms with Crippen LogP contribution >= 0.6 is 0 Å². The summed E-state index contributed by atoms with van der Waals surface area (Å²) in [5, 5.41) is 3.01. The normalized spacial score (nSPS) is 16.9. The Morgan fingerprint density at radius 2 is 1.80 bits per heavy atom. The van der Waals surface area contributed by atoms with Gasteiger partial charge in [0.05, 0.1) is 18.4 Å². The van der Waals surface area contributed by atoms with E-state index in [1.807, 2.05) is 54.6 Å². The summed E-state index contributed by atoms with van der Waals surface area (Å²) < 4.78 is 0. The van der Waals surface area contributed by atoms with Crippen molar-refractivity contribution >= 4 is 23.1 Å². The molecule has 0 unspecified atom stereocenters. The molecule has 0 saturated heterocycles. The highest BCUT2D eigenvalue weighted by molar-refractivity contribution is 5.97. The van der Waals surface area contributed by atoms with Gasteiger partial charge in [-0.25, -0.2) is 4.99 Å². The van der Waals surface area contributed by atoms with E-state index in [4.69, 9.17) is 5.73 Å². The molecule has 1 aliphatic heterocycles. The quantitative estimate of drug-likeness (QED) is 0.904. The topological polar surface area (TPSA) is 70.7 Å². The van der Waals surface area contributed by atoms with Gasteiger partial charge in [-0.2, -0.15) is 0 Å². The lowest BCUT2D eigenvalue weighted by Gasteiger charge is -2.29. The number of nitrogens with one attached hydrogen (secondary N) is 1. The summed E-state index contributed by atoms with van der Waals surface area (Å²) in [4.78, 5) is 18.5. The van der Waals surface area contributed by atoms with Gasteiger partial charge < -0.3 is 16.0 Å². The first-order chi connectivity index (χ1) is 12.2. The predicted molar refractivity (Wildman–Crippen MR) is 100 cm³/mol. The summed E-state index contributed by atoms with van der Waals surface area (Å²) in [5.41, 5.74) is 9.64. The monoisotopic (exact) mass is 332 g/mol. The Labute approximate surface area is 146 Å². The minimum Gasteiger partial charge on any atom is -0.386 e. The third-order valence-corrected chi connectivity index (χ3v) is 4.39. The molecule has 25 heavy (non-hydrogen) atoms. The van der Waals surface area contributed by atoms with Crippen LogP contribution in [0.25, 0.3) is 5.70 Å². The Morgan fingerprint density at radius 1 is 1.08 bits per heavy atom. The van der Waals surface area contributed by atoms with E-state index in [2.05, 4.69) is 15.2 Å². The Morgan fingerprint density at radius 3 is 2.48 bits per heavy atom. The summed E-state index contributed by atoms with van der Waals surface area (Å²) in [6, 6.07) is 18.1. The Kier molecular flexibility index (Phi) is 3.98. The zero-order valence-corrected chi connectivity index (χ0v) is 13.9. The summed E-state index contributed by atoms with van der Waals surface area (Å²) in [5.74, 6) is 0.571. The number of nitrogens with zero attached hydrogens (tertiary/aromatic N) is 2. The van der Waals surface area contributed by atoms with Crippen LogP contribution in [-0.2, 0) is 0 Å². The van der Waals surface area contributed by atoms with Crippen LogP contribution in [0.4, 0.5) is 5.69 Å². The molecule has 0 bridgehead atoms. The lowest BCUT2D eigenvalue weighted by Crippen LogP contribution is -2.35. The maximum Gasteiger partial charge on any atom is 0.251 e. The van der Waals surface area contributed by atoms with Crippen molar-refractivity contribution < 1.29 is 4.79 Å². The molecule has 4 rings (SSSR count). The maximum absolute atomic E-state index is 12.1. The molecule has 5 heteroatoms. The summed E-state index contributed by atoms with van der Waals surface area (Å²) in [6.07, 6.45) is 3.95. The predicted octanol–water partition coefficient (Wildman–Crippen LogP) is 2.75. The third kappa shape index (κ3) is 3.40. The van der Waals surface area contributed by atoms with E-state index in [1.54, 1.807) is 6.20 Å². The minimum atomic E-state index is -0.00569. The zero-order valence-electron chi connectivity index (χ0n) is 13.9. The fraction of sp³-hybridized carbons (Fsp3) is 0.200. The molecule has 1 fully saturated rings. The lowest BCUT2D eigenvalue weighted by atomic mass is 10.1. The molecule has 126 valence electrons. The van der Waals surface area contributed by atoms with Crippen LogP contribution in [0, 0.1) is 0 Å². The van der Waals surface area contributed by atoms with Crippen molar-refractivity contribution in [3.05, 3.63) is 71.9 Å². The van der Waals surface area contributed by atoms with Crippen LogP contribution in [0.3, 0.4) is 0 Å². The van der Waals surface area contributed by atoms with Crippen LogP contribution in [0.2, 0.25) is 0 Å². The van der Waals surface area contributed by atoms with Gasteiger partial charge in [-0.15, -0.1) is 0 Å². The Balaban J connectivity index is 1.60. The van der Waals surface area contributed by atoms with Crippen molar-refractivity contribution in [3.8, 4) is 0 Å². The Hall–Kier alpha value is -3.08. The molecule has 0 atom stereocenters. The standard InChI is InChI=1S/C20H20N4O/c21-19-13-24(17-4-2-1-3-5-17)18(12-22-19)14-6-8-15(9-7-14)20(25)23-16-10-11-16/h1-9,12,16H,10-11,13H2,(H2,21,22)(H,23,25). The highest BCUT2D eigenvalue weighted by atomic mass is 16.1. The number of carbonyl (C=O) groups is 1. The summed E-state index contributed by atoms with van der Waals surface area (Å²) >= 11 is 0. The van der Waals surface area contributed by atoms with Gasteiger partial charge in [-0.1, -0.05) is 30.3 Å². The van der Waals surface area contributed by atoms with Crippen molar-refractivity contribution in [1.29, 1.82) is 0 Å². The highest BCUT2D eigenvalue weighted by Gasteiger charge is 2.24. The Bertz CT molecular complexity index is 836. The molecule has 2 aromatic rings. The van der Waals surface area contributed by atoms with Crippen LogP contribution in [0.1, 0.15) is 28.8 Å². The van der Waals surface area contributed by atoms with Crippen LogP contribution in [-0.4, -0.2) is 24.3 Å². The lowest BCUT2D eigenvalue weighted by molar-refractivity contribution is 0.0951. The van der Waals surface area contributed by atoms with Gasteiger partial charge in [0.15, 0.2) is 0 Å². The van der Waals surface area contributed by atoms with Crippen LogP contribution in [0.5, 0.6) is 0 Å². The SMILES string of the molecule is NC1=NC=C(c2ccc(C(=O)NC3CC3)cc2)N(c2ccccc2)C1. The minimum absolute atomic E-state index is 0.00569. The largest absolute Gasteiger partial charge is 0.386 e.